The average Bonchev–Trinajstić information content (AvgIpc) is 2.78. The lowest BCUT2D eigenvalue weighted by Crippen LogP contribution is -2.33. The van der Waals surface area contributed by atoms with E-state index in [9.17, 15) is 0 Å². The zero-order valence-electron chi connectivity index (χ0n) is 11.1. The van der Waals surface area contributed by atoms with Crippen molar-refractivity contribution in [1.82, 2.24) is 4.98 Å². The molecular weight excluding hydrogens is 210 g/mol. The Bertz CT molecular complexity index is 356. The van der Waals surface area contributed by atoms with Crippen LogP contribution in [0.3, 0.4) is 0 Å². The molecule has 2 atom stereocenters. The molecule has 1 aliphatic heterocycles. The van der Waals surface area contributed by atoms with Crippen LogP contribution < -0.4 is 10.6 Å². The summed E-state index contributed by atoms with van der Waals surface area (Å²) in [4.78, 5) is 7.00. The Morgan fingerprint density at radius 2 is 2.12 bits per heavy atom. The SMILES string of the molecule is CC(C)C1CCCN1c1ccc([C@@H](C)N)cn1. The quantitative estimate of drug-likeness (QED) is 0.873. The molecule has 17 heavy (non-hydrogen) atoms. The van der Waals surface area contributed by atoms with Crippen molar-refractivity contribution < 1.29 is 0 Å². The van der Waals surface area contributed by atoms with Crippen molar-refractivity contribution in [3.8, 4) is 0 Å². The van der Waals surface area contributed by atoms with E-state index in [-0.39, 0.29) is 6.04 Å². The number of aromatic nitrogens is 1. The Hall–Kier alpha value is -1.09. The molecule has 1 saturated heterocycles. The van der Waals surface area contributed by atoms with Crippen LogP contribution in [0.1, 0.15) is 45.2 Å². The summed E-state index contributed by atoms with van der Waals surface area (Å²) in [6.07, 6.45) is 4.48. The monoisotopic (exact) mass is 233 g/mol. The molecule has 0 bridgehead atoms. The van der Waals surface area contributed by atoms with Crippen LogP contribution in [-0.4, -0.2) is 17.6 Å². The van der Waals surface area contributed by atoms with Crippen molar-refractivity contribution in [3.05, 3.63) is 23.9 Å². The zero-order valence-corrected chi connectivity index (χ0v) is 11.1. The van der Waals surface area contributed by atoms with Gasteiger partial charge in [0.1, 0.15) is 5.82 Å². The van der Waals surface area contributed by atoms with Gasteiger partial charge in [-0.1, -0.05) is 19.9 Å². The van der Waals surface area contributed by atoms with E-state index in [1.807, 2.05) is 13.1 Å². The van der Waals surface area contributed by atoms with E-state index < -0.39 is 0 Å². The number of anilines is 1. The third kappa shape index (κ3) is 2.60. The summed E-state index contributed by atoms with van der Waals surface area (Å²) in [6, 6.07) is 4.92. The fourth-order valence-electron chi connectivity index (χ4n) is 2.61. The Morgan fingerprint density at radius 1 is 1.35 bits per heavy atom. The molecule has 1 aliphatic rings. The minimum absolute atomic E-state index is 0.0658. The highest BCUT2D eigenvalue weighted by molar-refractivity contribution is 5.42. The molecule has 0 aromatic carbocycles. The summed E-state index contributed by atoms with van der Waals surface area (Å²) >= 11 is 0. The number of nitrogens with two attached hydrogens (primary N) is 1. The van der Waals surface area contributed by atoms with Gasteiger partial charge in [-0.3, -0.25) is 0 Å². The van der Waals surface area contributed by atoms with Crippen LogP contribution >= 0.6 is 0 Å². The third-order valence-corrected chi connectivity index (χ3v) is 3.66. The topological polar surface area (TPSA) is 42.1 Å². The van der Waals surface area contributed by atoms with Gasteiger partial charge in [0.25, 0.3) is 0 Å². The van der Waals surface area contributed by atoms with Crippen molar-refractivity contribution in [2.75, 3.05) is 11.4 Å². The fourth-order valence-corrected chi connectivity index (χ4v) is 2.61. The fraction of sp³-hybridized carbons (Fsp3) is 0.643. The lowest BCUT2D eigenvalue weighted by atomic mass is 10.0. The predicted molar refractivity (Wildman–Crippen MR) is 72.0 cm³/mol. The van der Waals surface area contributed by atoms with Crippen LogP contribution in [0.4, 0.5) is 5.82 Å². The Balaban J connectivity index is 2.16. The molecule has 1 aromatic rings. The molecule has 0 radical (unpaired) electrons. The molecule has 0 aliphatic carbocycles. The molecule has 94 valence electrons. The number of nitrogens with zero attached hydrogens (tertiary/aromatic N) is 2. The Labute approximate surface area is 104 Å². The number of rotatable bonds is 3. The first-order valence-electron chi connectivity index (χ1n) is 6.57. The molecule has 3 nitrogen and oxygen atoms in total. The van der Waals surface area contributed by atoms with E-state index in [0.717, 1.165) is 17.9 Å². The van der Waals surface area contributed by atoms with E-state index in [1.54, 1.807) is 0 Å². The smallest absolute Gasteiger partial charge is 0.128 e. The van der Waals surface area contributed by atoms with Crippen LogP contribution in [0.2, 0.25) is 0 Å². The highest BCUT2D eigenvalue weighted by Gasteiger charge is 2.27. The minimum Gasteiger partial charge on any atom is -0.353 e. The van der Waals surface area contributed by atoms with Crippen LogP contribution in [-0.2, 0) is 0 Å². The lowest BCUT2D eigenvalue weighted by molar-refractivity contribution is 0.489. The third-order valence-electron chi connectivity index (χ3n) is 3.66. The molecule has 0 saturated carbocycles. The van der Waals surface area contributed by atoms with Gasteiger partial charge < -0.3 is 10.6 Å². The van der Waals surface area contributed by atoms with Gasteiger partial charge in [-0.2, -0.15) is 0 Å². The molecule has 2 heterocycles. The Kier molecular flexibility index (Phi) is 3.67. The molecular formula is C14H23N3. The highest BCUT2D eigenvalue weighted by Crippen LogP contribution is 2.28. The van der Waals surface area contributed by atoms with Crippen LogP contribution in [0.15, 0.2) is 18.3 Å². The van der Waals surface area contributed by atoms with Gasteiger partial charge >= 0.3 is 0 Å². The molecule has 0 amide bonds. The van der Waals surface area contributed by atoms with Crippen molar-refractivity contribution in [3.63, 3.8) is 0 Å². The molecule has 0 spiro atoms. The van der Waals surface area contributed by atoms with Gasteiger partial charge in [-0.15, -0.1) is 0 Å². The first-order chi connectivity index (χ1) is 8.09. The van der Waals surface area contributed by atoms with E-state index in [1.165, 1.54) is 12.8 Å². The minimum atomic E-state index is 0.0658. The summed E-state index contributed by atoms with van der Waals surface area (Å²) in [5.74, 6) is 1.79. The summed E-state index contributed by atoms with van der Waals surface area (Å²) in [5, 5.41) is 0. The summed E-state index contributed by atoms with van der Waals surface area (Å²) in [6.45, 7) is 7.70. The Morgan fingerprint density at radius 3 is 2.65 bits per heavy atom. The van der Waals surface area contributed by atoms with Gasteiger partial charge in [-0.05, 0) is 37.3 Å². The van der Waals surface area contributed by atoms with Gasteiger partial charge in [0.15, 0.2) is 0 Å². The van der Waals surface area contributed by atoms with Crippen molar-refractivity contribution in [1.29, 1.82) is 0 Å². The number of hydrogen-bond donors (Lipinski definition) is 1. The molecule has 2 N–H and O–H groups in total. The predicted octanol–water partition coefficient (Wildman–Crippen LogP) is 2.73. The second-order valence-corrected chi connectivity index (χ2v) is 5.39. The largest absolute Gasteiger partial charge is 0.353 e. The van der Waals surface area contributed by atoms with Crippen molar-refractivity contribution >= 4 is 5.82 Å². The lowest BCUT2D eigenvalue weighted by Gasteiger charge is -2.28. The summed E-state index contributed by atoms with van der Waals surface area (Å²) in [7, 11) is 0. The average molecular weight is 233 g/mol. The highest BCUT2D eigenvalue weighted by atomic mass is 15.2. The summed E-state index contributed by atoms with van der Waals surface area (Å²) in [5.41, 5.74) is 6.94. The number of hydrogen-bond acceptors (Lipinski definition) is 3. The van der Waals surface area contributed by atoms with Gasteiger partial charge in [0, 0.05) is 24.8 Å². The van der Waals surface area contributed by atoms with Gasteiger partial charge in [-0.25, -0.2) is 4.98 Å². The molecule has 2 rings (SSSR count). The molecule has 1 unspecified atom stereocenters. The first kappa shape index (κ1) is 12.4. The van der Waals surface area contributed by atoms with Crippen LogP contribution in [0, 0.1) is 5.92 Å². The van der Waals surface area contributed by atoms with Gasteiger partial charge in [0.05, 0.1) is 0 Å². The molecule has 1 fully saturated rings. The molecule has 1 aromatic heterocycles. The second kappa shape index (κ2) is 5.05. The second-order valence-electron chi connectivity index (χ2n) is 5.39. The maximum atomic E-state index is 5.84. The normalized spacial score (nSPS) is 22.2. The van der Waals surface area contributed by atoms with Crippen molar-refractivity contribution in [2.24, 2.45) is 11.7 Å². The van der Waals surface area contributed by atoms with E-state index in [2.05, 4.69) is 35.9 Å². The summed E-state index contributed by atoms with van der Waals surface area (Å²) < 4.78 is 0. The van der Waals surface area contributed by atoms with Crippen LogP contribution in [0.25, 0.3) is 0 Å². The molecule has 3 heteroatoms. The van der Waals surface area contributed by atoms with Crippen LogP contribution in [0.5, 0.6) is 0 Å². The standard InChI is InChI=1S/C14H23N3/c1-10(2)13-5-4-8-17(13)14-7-6-12(9-16-14)11(3)15/h6-7,9-11,13H,4-5,8,15H2,1-3H3/t11-,13?/m1/s1. The van der Waals surface area contributed by atoms with E-state index in [4.69, 9.17) is 5.73 Å². The number of pyridine rings is 1. The first-order valence-corrected chi connectivity index (χ1v) is 6.57. The maximum Gasteiger partial charge on any atom is 0.128 e. The van der Waals surface area contributed by atoms with E-state index in [0.29, 0.717) is 12.0 Å². The van der Waals surface area contributed by atoms with E-state index >= 15 is 0 Å². The van der Waals surface area contributed by atoms with Gasteiger partial charge in [0.2, 0.25) is 0 Å². The van der Waals surface area contributed by atoms with Crippen molar-refractivity contribution in [2.45, 2.75) is 45.7 Å². The maximum absolute atomic E-state index is 5.84. The zero-order chi connectivity index (χ0) is 12.4.